The van der Waals surface area contributed by atoms with Gasteiger partial charge in [-0.2, -0.15) is 0 Å². The van der Waals surface area contributed by atoms with Crippen LogP contribution in [-0.2, 0) is 4.74 Å². The first-order valence-corrected chi connectivity index (χ1v) is 8.62. The zero-order valence-electron chi connectivity index (χ0n) is 15.7. The first-order chi connectivity index (χ1) is 9.89. The van der Waals surface area contributed by atoms with E-state index in [0.717, 1.165) is 0 Å². The number of hydrogen-bond donors (Lipinski definition) is 2. The minimum atomic E-state index is -0.450. The van der Waals surface area contributed by atoms with Crippen molar-refractivity contribution < 1.29 is 9.53 Å². The molecule has 130 valence electrons. The molecule has 1 saturated carbocycles. The number of rotatable bonds is 5. The third kappa shape index (κ3) is 6.55. The minimum absolute atomic E-state index is 0.272. The molecule has 2 N–H and O–H groups in total. The molecule has 3 unspecified atom stereocenters. The van der Waals surface area contributed by atoms with Gasteiger partial charge in [0.25, 0.3) is 0 Å². The van der Waals surface area contributed by atoms with Crippen molar-refractivity contribution in [1.82, 2.24) is 10.6 Å². The SMILES string of the molecule is CC(C)C(CNC(=O)OC(C)(C)C)NC1CC(C)(C)CC1C. The summed E-state index contributed by atoms with van der Waals surface area (Å²) < 4.78 is 5.31. The highest BCUT2D eigenvalue weighted by molar-refractivity contribution is 5.67. The zero-order valence-corrected chi connectivity index (χ0v) is 15.7. The molecule has 0 aromatic rings. The molecule has 0 heterocycles. The Labute approximate surface area is 136 Å². The second kappa shape index (κ2) is 7.20. The van der Waals surface area contributed by atoms with E-state index in [0.29, 0.717) is 29.8 Å². The number of amides is 1. The van der Waals surface area contributed by atoms with Crippen molar-refractivity contribution in [1.29, 1.82) is 0 Å². The van der Waals surface area contributed by atoms with E-state index >= 15 is 0 Å². The molecule has 3 atom stereocenters. The molecule has 1 aliphatic carbocycles. The average Bonchev–Trinajstić information content (AvgIpc) is 2.54. The summed E-state index contributed by atoms with van der Waals surface area (Å²) in [7, 11) is 0. The maximum Gasteiger partial charge on any atom is 0.407 e. The molecule has 0 aromatic heterocycles. The smallest absolute Gasteiger partial charge is 0.407 e. The molecule has 4 heteroatoms. The lowest BCUT2D eigenvalue weighted by molar-refractivity contribution is 0.0517. The second-order valence-corrected chi connectivity index (χ2v) is 9.06. The van der Waals surface area contributed by atoms with Gasteiger partial charge in [0.1, 0.15) is 5.60 Å². The van der Waals surface area contributed by atoms with Crippen molar-refractivity contribution in [2.24, 2.45) is 17.3 Å². The molecule has 1 amide bonds. The average molecular weight is 312 g/mol. The maximum absolute atomic E-state index is 11.8. The van der Waals surface area contributed by atoms with Crippen LogP contribution in [0.1, 0.15) is 68.2 Å². The lowest BCUT2D eigenvalue weighted by atomic mass is 9.91. The van der Waals surface area contributed by atoms with Gasteiger partial charge in [-0.15, -0.1) is 0 Å². The van der Waals surface area contributed by atoms with Crippen LogP contribution in [0.25, 0.3) is 0 Å². The molecule has 1 rings (SSSR count). The monoisotopic (exact) mass is 312 g/mol. The Bertz CT molecular complexity index is 372. The molecular weight excluding hydrogens is 276 g/mol. The number of nitrogens with one attached hydrogen (secondary N) is 2. The van der Waals surface area contributed by atoms with Crippen molar-refractivity contribution in [2.75, 3.05) is 6.54 Å². The Morgan fingerprint density at radius 2 is 1.86 bits per heavy atom. The normalized spacial score (nSPS) is 26.0. The van der Waals surface area contributed by atoms with Gasteiger partial charge >= 0.3 is 6.09 Å². The molecule has 1 aliphatic rings. The second-order valence-electron chi connectivity index (χ2n) is 9.06. The lowest BCUT2D eigenvalue weighted by Gasteiger charge is -2.29. The lowest BCUT2D eigenvalue weighted by Crippen LogP contribution is -2.49. The van der Waals surface area contributed by atoms with Gasteiger partial charge in [0.2, 0.25) is 0 Å². The molecule has 0 saturated heterocycles. The number of hydrogen-bond acceptors (Lipinski definition) is 3. The fraction of sp³-hybridized carbons (Fsp3) is 0.944. The summed E-state index contributed by atoms with van der Waals surface area (Å²) in [4.78, 5) is 11.8. The molecule has 1 fully saturated rings. The quantitative estimate of drug-likeness (QED) is 0.808. The van der Waals surface area contributed by atoms with E-state index in [9.17, 15) is 4.79 Å². The van der Waals surface area contributed by atoms with Crippen LogP contribution in [0.15, 0.2) is 0 Å². The summed E-state index contributed by atoms with van der Waals surface area (Å²) in [5.74, 6) is 1.14. The fourth-order valence-corrected chi connectivity index (χ4v) is 3.39. The van der Waals surface area contributed by atoms with Gasteiger partial charge < -0.3 is 15.4 Å². The van der Waals surface area contributed by atoms with Crippen LogP contribution in [0.3, 0.4) is 0 Å². The van der Waals surface area contributed by atoms with Crippen molar-refractivity contribution in [3.05, 3.63) is 0 Å². The minimum Gasteiger partial charge on any atom is -0.444 e. The van der Waals surface area contributed by atoms with Gasteiger partial charge in [0.05, 0.1) is 0 Å². The van der Waals surface area contributed by atoms with Crippen LogP contribution >= 0.6 is 0 Å². The molecular formula is C18H36N2O2. The van der Waals surface area contributed by atoms with Crippen LogP contribution < -0.4 is 10.6 Å². The number of carbonyl (C=O) groups is 1. The Balaban J connectivity index is 2.51. The molecule has 0 spiro atoms. The first-order valence-electron chi connectivity index (χ1n) is 8.62. The van der Waals surface area contributed by atoms with E-state index in [1.54, 1.807) is 0 Å². The van der Waals surface area contributed by atoms with Gasteiger partial charge in [0.15, 0.2) is 0 Å². The van der Waals surface area contributed by atoms with E-state index < -0.39 is 5.60 Å². The summed E-state index contributed by atoms with van der Waals surface area (Å²) in [5.41, 5.74) is -0.0357. The molecule has 0 aliphatic heterocycles. The Hall–Kier alpha value is -0.770. The molecule has 4 nitrogen and oxygen atoms in total. The zero-order chi connectivity index (χ0) is 17.1. The van der Waals surface area contributed by atoms with E-state index in [4.69, 9.17) is 4.74 Å². The molecule has 22 heavy (non-hydrogen) atoms. The molecule has 0 radical (unpaired) electrons. The van der Waals surface area contributed by atoms with Crippen molar-refractivity contribution in [3.8, 4) is 0 Å². The van der Waals surface area contributed by atoms with E-state index in [1.165, 1.54) is 12.8 Å². The Morgan fingerprint density at radius 1 is 1.27 bits per heavy atom. The predicted octanol–water partition coefficient (Wildman–Crippen LogP) is 3.95. The van der Waals surface area contributed by atoms with Gasteiger partial charge in [-0.05, 0) is 50.9 Å². The molecule has 0 aromatic carbocycles. The first kappa shape index (κ1) is 19.3. The summed E-state index contributed by atoms with van der Waals surface area (Å²) in [6, 6.07) is 0.803. The number of carbonyl (C=O) groups excluding carboxylic acids is 1. The number of ether oxygens (including phenoxy) is 1. The summed E-state index contributed by atoms with van der Waals surface area (Å²) >= 11 is 0. The summed E-state index contributed by atoms with van der Waals surface area (Å²) in [6.07, 6.45) is 2.12. The Kier molecular flexibility index (Phi) is 6.31. The topological polar surface area (TPSA) is 50.4 Å². The van der Waals surface area contributed by atoms with Crippen molar-refractivity contribution in [2.45, 2.75) is 85.9 Å². The fourth-order valence-electron chi connectivity index (χ4n) is 3.39. The van der Waals surface area contributed by atoms with Gasteiger partial charge in [-0.25, -0.2) is 4.79 Å². The van der Waals surface area contributed by atoms with E-state index in [2.05, 4.69) is 45.3 Å². The summed E-state index contributed by atoms with van der Waals surface area (Å²) in [6.45, 7) is 17.6. The largest absolute Gasteiger partial charge is 0.444 e. The van der Waals surface area contributed by atoms with E-state index in [-0.39, 0.29) is 12.1 Å². The van der Waals surface area contributed by atoms with Gasteiger partial charge in [-0.3, -0.25) is 0 Å². The van der Waals surface area contributed by atoms with Gasteiger partial charge in [0, 0.05) is 18.6 Å². The van der Waals surface area contributed by atoms with Gasteiger partial charge in [-0.1, -0.05) is 34.6 Å². The maximum atomic E-state index is 11.8. The van der Waals surface area contributed by atoms with Crippen LogP contribution in [-0.4, -0.2) is 30.3 Å². The number of alkyl carbamates (subject to hydrolysis) is 1. The third-order valence-electron chi connectivity index (χ3n) is 4.43. The highest BCUT2D eigenvalue weighted by Gasteiger charge is 2.37. The van der Waals surface area contributed by atoms with Crippen LogP contribution in [0.5, 0.6) is 0 Å². The van der Waals surface area contributed by atoms with Crippen LogP contribution in [0, 0.1) is 17.3 Å². The Morgan fingerprint density at radius 3 is 2.27 bits per heavy atom. The van der Waals surface area contributed by atoms with Crippen LogP contribution in [0.2, 0.25) is 0 Å². The molecule has 0 bridgehead atoms. The van der Waals surface area contributed by atoms with E-state index in [1.807, 2.05) is 20.8 Å². The standard InChI is InChI=1S/C18H36N2O2/c1-12(2)15(11-19-16(21)22-17(4,5)6)20-14-10-18(7,8)9-13(14)3/h12-15,20H,9-11H2,1-8H3,(H,19,21). The highest BCUT2D eigenvalue weighted by Crippen LogP contribution is 2.41. The summed E-state index contributed by atoms with van der Waals surface area (Å²) in [5, 5.41) is 6.68. The van der Waals surface area contributed by atoms with Crippen molar-refractivity contribution in [3.63, 3.8) is 0 Å². The third-order valence-corrected chi connectivity index (χ3v) is 4.43. The van der Waals surface area contributed by atoms with Crippen molar-refractivity contribution >= 4 is 6.09 Å². The highest BCUT2D eigenvalue weighted by atomic mass is 16.6. The predicted molar refractivity (Wildman–Crippen MR) is 92.0 cm³/mol. The van der Waals surface area contributed by atoms with Crippen LogP contribution in [0.4, 0.5) is 4.79 Å².